The van der Waals surface area contributed by atoms with Crippen molar-refractivity contribution in [2.75, 3.05) is 26.2 Å². The summed E-state index contributed by atoms with van der Waals surface area (Å²) in [4.78, 5) is 8.41. The molecule has 2 aliphatic heterocycles. The van der Waals surface area contributed by atoms with Gasteiger partial charge in [0.25, 0.3) is 0 Å². The Morgan fingerprint density at radius 3 is 2.57 bits per heavy atom. The predicted octanol–water partition coefficient (Wildman–Crippen LogP) is 4.55. The average molecular weight is 482 g/mol. The molecule has 0 aliphatic carbocycles. The zero-order valence-corrected chi connectivity index (χ0v) is 18.2. The van der Waals surface area contributed by atoms with Crippen LogP contribution in [0.5, 0.6) is 0 Å². The number of amidine groups is 1. The summed E-state index contributed by atoms with van der Waals surface area (Å²) in [7, 11) is 0. The van der Waals surface area contributed by atoms with Gasteiger partial charge in [-0.3, -0.25) is 4.90 Å². The Morgan fingerprint density at radius 2 is 1.97 bits per heavy atom. The molecule has 0 aromatic heterocycles. The van der Waals surface area contributed by atoms with E-state index < -0.39 is 17.8 Å². The summed E-state index contributed by atoms with van der Waals surface area (Å²) in [6.07, 6.45) is -1.03. The highest BCUT2D eigenvalue weighted by Gasteiger charge is 2.33. The van der Waals surface area contributed by atoms with E-state index in [1.54, 1.807) is 12.3 Å². The lowest BCUT2D eigenvalue weighted by atomic mass is 10.0. The summed E-state index contributed by atoms with van der Waals surface area (Å²) in [5.41, 5.74) is 7.89. The van der Waals surface area contributed by atoms with Gasteiger partial charge in [0.1, 0.15) is 11.9 Å². The number of alkyl halides is 3. The standard InChI is InChI=1S/C21H23BrF3N5/c1-2-14-10-17(19(22)20(27)28-13-14)29-6-8-30(9-7-29)18(12-26)15-4-3-5-16(11-15)21(23,24)25/h3-5,11,13,18H,2,6-10H2,1H3,(H2,27,28). The summed E-state index contributed by atoms with van der Waals surface area (Å²) < 4.78 is 39.9. The lowest BCUT2D eigenvalue weighted by Crippen LogP contribution is -2.47. The Bertz CT molecular complexity index is 921. The van der Waals surface area contributed by atoms with Crippen LogP contribution in [0.15, 0.2) is 51.2 Å². The number of nitrogens with zero attached hydrogens (tertiary/aromatic N) is 4. The Balaban J connectivity index is 1.75. The Labute approximate surface area is 182 Å². The van der Waals surface area contributed by atoms with Crippen LogP contribution >= 0.6 is 15.9 Å². The normalized spacial score (nSPS) is 19.7. The molecule has 1 unspecified atom stereocenters. The van der Waals surface area contributed by atoms with Crippen molar-refractivity contribution in [3.8, 4) is 6.07 Å². The average Bonchev–Trinajstić information content (AvgIpc) is 2.88. The lowest BCUT2D eigenvalue weighted by Gasteiger charge is -2.39. The van der Waals surface area contributed by atoms with Gasteiger partial charge in [-0.25, -0.2) is 4.99 Å². The molecule has 1 saturated heterocycles. The molecule has 1 aromatic rings. The summed E-state index contributed by atoms with van der Waals surface area (Å²) in [6, 6.07) is 6.48. The minimum atomic E-state index is -4.43. The molecule has 0 bridgehead atoms. The third kappa shape index (κ3) is 4.87. The highest BCUT2D eigenvalue weighted by Crippen LogP contribution is 2.33. The van der Waals surface area contributed by atoms with Crippen molar-refractivity contribution in [1.29, 1.82) is 5.26 Å². The maximum absolute atomic E-state index is 13.1. The molecule has 1 atom stereocenters. The van der Waals surface area contributed by atoms with Gasteiger partial charge in [0.15, 0.2) is 0 Å². The van der Waals surface area contributed by atoms with Gasteiger partial charge in [-0.15, -0.1) is 0 Å². The van der Waals surface area contributed by atoms with Crippen LogP contribution in [0, 0.1) is 11.3 Å². The summed E-state index contributed by atoms with van der Waals surface area (Å²) in [5.74, 6) is 0.426. The van der Waals surface area contributed by atoms with Crippen molar-refractivity contribution in [3.63, 3.8) is 0 Å². The second kappa shape index (κ2) is 9.23. The second-order valence-electron chi connectivity index (χ2n) is 7.27. The fraction of sp³-hybridized carbons (Fsp3) is 0.429. The van der Waals surface area contributed by atoms with E-state index in [-0.39, 0.29) is 0 Å². The zero-order valence-electron chi connectivity index (χ0n) is 16.6. The monoisotopic (exact) mass is 481 g/mol. The number of rotatable bonds is 4. The zero-order chi connectivity index (χ0) is 21.9. The molecule has 0 saturated carbocycles. The number of hydrogen-bond acceptors (Lipinski definition) is 5. The van der Waals surface area contributed by atoms with E-state index in [0.29, 0.717) is 37.6 Å². The number of nitriles is 1. The maximum Gasteiger partial charge on any atom is 0.416 e. The smallest absolute Gasteiger partial charge is 0.383 e. The highest BCUT2D eigenvalue weighted by atomic mass is 79.9. The van der Waals surface area contributed by atoms with E-state index >= 15 is 0 Å². The first-order valence-electron chi connectivity index (χ1n) is 9.70. The van der Waals surface area contributed by atoms with Crippen LogP contribution < -0.4 is 5.73 Å². The third-order valence-electron chi connectivity index (χ3n) is 5.43. The number of piperazine rings is 1. The number of benzene rings is 1. The minimum absolute atomic E-state index is 0.364. The molecule has 9 heteroatoms. The van der Waals surface area contributed by atoms with E-state index in [0.717, 1.165) is 35.2 Å². The molecule has 30 heavy (non-hydrogen) atoms. The lowest BCUT2D eigenvalue weighted by molar-refractivity contribution is -0.137. The molecule has 3 rings (SSSR count). The third-order valence-corrected chi connectivity index (χ3v) is 6.29. The molecule has 2 aliphatic rings. The van der Waals surface area contributed by atoms with Gasteiger partial charge in [0, 0.05) is 44.5 Å². The second-order valence-corrected chi connectivity index (χ2v) is 8.06. The van der Waals surface area contributed by atoms with Gasteiger partial charge in [-0.1, -0.05) is 19.1 Å². The van der Waals surface area contributed by atoms with Crippen LogP contribution in [0.25, 0.3) is 0 Å². The van der Waals surface area contributed by atoms with Crippen molar-refractivity contribution >= 4 is 21.8 Å². The summed E-state index contributed by atoms with van der Waals surface area (Å²) >= 11 is 3.56. The number of nitrogens with two attached hydrogens (primary N) is 1. The van der Waals surface area contributed by atoms with Crippen molar-refractivity contribution < 1.29 is 13.2 Å². The van der Waals surface area contributed by atoms with Crippen LogP contribution in [-0.2, 0) is 6.18 Å². The molecule has 1 aromatic carbocycles. The number of hydrogen-bond donors (Lipinski definition) is 1. The van der Waals surface area contributed by atoms with Crippen molar-refractivity contribution in [2.45, 2.75) is 32.0 Å². The molecule has 0 spiro atoms. The van der Waals surface area contributed by atoms with E-state index in [1.165, 1.54) is 11.6 Å². The number of allylic oxidation sites excluding steroid dienone is 1. The van der Waals surface area contributed by atoms with Gasteiger partial charge in [0.2, 0.25) is 0 Å². The molecule has 160 valence electrons. The first kappa shape index (κ1) is 22.4. The van der Waals surface area contributed by atoms with Gasteiger partial charge in [-0.05, 0) is 45.6 Å². The fourth-order valence-corrected chi connectivity index (χ4v) is 4.17. The molecule has 1 fully saturated rings. The minimum Gasteiger partial charge on any atom is -0.383 e. The molecule has 5 nitrogen and oxygen atoms in total. The first-order valence-corrected chi connectivity index (χ1v) is 10.5. The molecule has 0 amide bonds. The van der Waals surface area contributed by atoms with Gasteiger partial charge in [0.05, 0.1) is 16.1 Å². The van der Waals surface area contributed by atoms with Crippen LogP contribution in [0.1, 0.15) is 36.9 Å². The first-order chi connectivity index (χ1) is 14.2. The molecule has 0 radical (unpaired) electrons. The van der Waals surface area contributed by atoms with Gasteiger partial charge in [-0.2, -0.15) is 18.4 Å². The van der Waals surface area contributed by atoms with Crippen molar-refractivity contribution in [1.82, 2.24) is 9.80 Å². The van der Waals surface area contributed by atoms with Crippen molar-refractivity contribution in [2.24, 2.45) is 10.7 Å². The van der Waals surface area contributed by atoms with Crippen LogP contribution in [-0.4, -0.2) is 41.8 Å². The molecular formula is C21H23BrF3N5. The highest BCUT2D eigenvalue weighted by molar-refractivity contribution is 9.12. The maximum atomic E-state index is 13.1. The Kier molecular flexibility index (Phi) is 6.88. The molecule has 2 N–H and O–H groups in total. The number of aliphatic imine (C=N–C) groups is 1. The van der Waals surface area contributed by atoms with E-state index in [9.17, 15) is 18.4 Å². The van der Waals surface area contributed by atoms with E-state index in [4.69, 9.17) is 5.73 Å². The van der Waals surface area contributed by atoms with Crippen LogP contribution in [0.2, 0.25) is 0 Å². The van der Waals surface area contributed by atoms with E-state index in [1.807, 2.05) is 4.90 Å². The van der Waals surface area contributed by atoms with Gasteiger partial charge < -0.3 is 10.6 Å². The predicted molar refractivity (Wildman–Crippen MR) is 114 cm³/mol. The molecule has 2 heterocycles. The van der Waals surface area contributed by atoms with Crippen LogP contribution in [0.3, 0.4) is 0 Å². The Hall–Kier alpha value is -2.31. The SMILES string of the molecule is CCC1=CN=C(N)C(Br)=C(N2CCN(C(C#N)c3cccc(C(F)(F)F)c3)CC2)C1. The fourth-order valence-electron chi connectivity index (χ4n) is 3.67. The quantitative estimate of drug-likeness (QED) is 0.684. The van der Waals surface area contributed by atoms with Crippen molar-refractivity contribution in [3.05, 3.63) is 57.3 Å². The Morgan fingerprint density at radius 1 is 1.27 bits per heavy atom. The molecular weight excluding hydrogens is 459 g/mol. The topological polar surface area (TPSA) is 68.7 Å². The van der Waals surface area contributed by atoms with E-state index in [2.05, 4.69) is 38.8 Å². The number of halogens is 4. The van der Waals surface area contributed by atoms with Gasteiger partial charge >= 0.3 is 6.18 Å². The summed E-state index contributed by atoms with van der Waals surface area (Å²) in [6.45, 7) is 4.47. The van der Waals surface area contributed by atoms with Crippen LogP contribution in [0.4, 0.5) is 13.2 Å². The summed E-state index contributed by atoms with van der Waals surface area (Å²) in [5, 5.41) is 9.68. The largest absolute Gasteiger partial charge is 0.416 e.